The van der Waals surface area contributed by atoms with Crippen molar-refractivity contribution in [2.75, 3.05) is 10.6 Å². The fraction of sp³-hybridized carbons (Fsp3) is 0.0400. The average Bonchev–Trinajstić information content (AvgIpc) is 2.78. The van der Waals surface area contributed by atoms with Crippen molar-refractivity contribution in [3.05, 3.63) is 99.8 Å². The molecule has 33 heavy (non-hydrogen) atoms. The smallest absolute Gasteiger partial charge is 0.204 e. The van der Waals surface area contributed by atoms with Crippen molar-refractivity contribution in [2.45, 2.75) is 6.92 Å². The first-order chi connectivity index (χ1) is 15.8. The molecule has 1 aliphatic rings. The Morgan fingerprint density at radius 2 is 1.52 bits per heavy atom. The molecule has 4 rings (SSSR count). The number of rotatable bonds is 5. The van der Waals surface area contributed by atoms with Crippen molar-refractivity contribution < 1.29 is 15.0 Å². The van der Waals surface area contributed by atoms with E-state index in [1.54, 1.807) is 18.2 Å². The third-order valence-electron chi connectivity index (χ3n) is 4.92. The van der Waals surface area contributed by atoms with Gasteiger partial charge >= 0.3 is 0 Å². The number of hydrogen-bond donors (Lipinski definition) is 4. The van der Waals surface area contributed by atoms with Crippen LogP contribution in [-0.4, -0.2) is 21.7 Å². The number of phenolic OH excluding ortho intramolecular Hbond substituents is 2. The summed E-state index contributed by atoms with van der Waals surface area (Å²) in [6.07, 6.45) is 3.07. The molecule has 0 bridgehead atoms. The number of phenols is 2. The molecule has 0 aromatic heterocycles. The largest absolute Gasteiger partial charge is 0.506 e. The summed E-state index contributed by atoms with van der Waals surface area (Å²) in [7, 11) is 0. The van der Waals surface area contributed by atoms with Crippen LogP contribution in [0.5, 0.6) is 11.5 Å². The Morgan fingerprint density at radius 1 is 0.818 bits per heavy atom. The van der Waals surface area contributed by atoms with Gasteiger partial charge in [-0.05, 0) is 61.0 Å². The number of allylic oxidation sites excluding steroid dienone is 2. The van der Waals surface area contributed by atoms with Crippen molar-refractivity contribution in [3.63, 3.8) is 0 Å². The third-order valence-corrected chi connectivity index (χ3v) is 5.53. The molecule has 0 saturated carbocycles. The van der Waals surface area contributed by atoms with Crippen molar-refractivity contribution in [1.29, 1.82) is 0 Å². The molecule has 166 valence electrons. The second kappa shape index (κ2) is 9.40. The van der Waals surface area contributed by atoms with Crippen LogP contribution in [0.1, 0.15) is 5.56 Å². The van der Waals surface area contributed by atoms with Gasteiger partial charge in [0.2, 0.25) is 5.78 Å². The van der Waals surface area contributed by atoms with E-state index in [0.717, 1.165) is 11.3 Å². The Kier molecular flexibility index (Phi) is 6.40. The summed E-state index contributed by atoms with van der Waals surface area (Å²) in [5.41, 5.74) is 4.14. The van der Waals surface area contributed by atoms with E-state index in [1.807, 2.05) is 31.2 Å². The predicted molar refractivity (Wildman–Crippen MR) is 133 cm³/mol. The second-order valence-corrected chi connectivity index (χ2v) is 8.16. The number of aromatic hydroxyl groups is 2. The van der Waals surface area contributed by atoms with Gasteiger partial charge in [0.15, 0.2) is 0 Å². The summed E-state index contributed by atoms with van der Waals surface area (Å²) in [6, 6.07) is 16.9. The first kappa shape index (κ1) is 22.5. The Hall–Kier alpha value is -3.74. The molecule has 0 spiro atoms. The quantitative estimate of drug-likeness (QED) is 0.252. The minimum absolute atomic E-state index is 0.0460. The van der Waals surface area contributed by atoms with Crippen LogP contribution in [0.3, 0.4) is 0 Å². The summed E-state index contributed by atoms with van der Waals surface area (Å²) in [5, 5.41) is 26.0. The fourth-order valence-electron chi connectivity index (χ4n) is 3.16. The number of para-hydroxylation sites is 1. The Morgan fingerprint density at radius 3 is 2.21 bits per heavy atom. The lowest BCUT2D eigenvalue weighted by Crippen LogP contribution is -2.22. The molecule has 6 nitrogen and oxygen atoms in total. The first-order valence-corrected chi connectivity index (χ1v) is 10.7. The molecule has 0 heterocycles. The van der Waals surface area contributed by atoms with Crippen molar-refractivity contribution >= 4 is 51.8 Å². The maximum absolute atomic E-state index is 12.9. The normalized spacial score (nSPS) is 14.6. The molecule has 4 N–H and O–H groups in total. The number of halogens is 2. The van der Waals surface area contributed by atoms with E-state index in [-0.39, 0.29) is 33.0 Å². The molecular formula is C25H19Cl2N3O3. The van der Waals surface area contributed by atoms with Crippen LogP contribution >= 0.6 is 23.2 Å². The van der Waals surface area contributed by atoms with Gasteiger partial charge in [0.05, 0.1) is 32.8 Å². The number of carbonyl (C=O) groups is 1. The van der Waals surface area contributed by atoms with Gasteiger partial charge in [-0.1, -0.05) is 41.4 Å². The zero-order valence-corrected chi connectivity index (χ0v) is 18.9. The van der Waals surface area contributed by atoms with E-state index < -0.39 is 0 Å². The second-order valence-electron chi connectivity index (χ2n) is 7.34. The Labute approximate surface area is 200 Å². The fourth-order valence-corrected chi connectivity index (χ4v) is 3.52. The van der Waals surface area contributed by atoms with Crippen LogP contribution in [0.2, 0.25) is 10.0 Å². The lowest BCUT2D eigenvalue weighted by Gasteiger charge is -2.19. The summed E-state index contributed by atoms with van der Waals surface area (Å²) < 4.78 is 0. The van der Waals surface area contributed by atoms with Crippen molar-refractivity contribution in [1.82, 2.24) is 0 Å². The maximum Gasteiger partial charge on any atom is 0.204 e. The summed E-state index contributed by atoms with van der Waals surface area (Å²) in [4.78, 5) is 17.5. The Bertz CT molecular complexity index is 1350. The van der Waals surface area contributed by atoms with Crippen LogP contribution in [0, 0.1) is 6.92 Å². The molecule has 0 saturated heterocycles. The highest BCUT2D eigenvalue weighted by Gasteiger charge is 2.20. The lowest BCUT2D eigenvalue weighted by molar-refractivity contribution is -0.111. The van der Waals surface area contributed by atoms with Crippen LogP contribution in [0.4, 0.5) is 17.1 Å². The minimum Gasteiger partial charge on any atom is -0.506 e. The number of nitrogens with zero attached hydrogens (tertiary/aromatic N) is 1. The van der Waals surface area contributed by atoms with Gasteiger partial charge in [0.1, 0.15) is 11.5 Å². The number of carbonyl (C=O) groups excluding carboxylic acids is 1. The lowest BCUT2D eigenvalue weighted by atomic mass is 10.0. The van der Waals surface area contributed by atoms with E-state index in [0.29, 0.717) is 22.8 Å². The van der Waals surface area contributed by atoms with Crippen LogP contribution < -0.4 is 10.6 Å². The van der Waals surface area contributed by atoms with Gasteiger partial charge in [-0.2, -0.15) is 0 Å². The summed E-state index contributed by atoms with van der Waals surface area (Å²) in [5.74, 6) is -0.365. The standard InChI is InChI=1S/C25H19Cl2N3O3/c1-14-4-2-3-5-19(14)30-21-13-25(33)22(29-16-7-9-24(32)18(27)11-16)12-20(21)28-15-6-8-23(31)17(26)10-15/h2-13,29-32H,1H3/b28-20-. The molecular weight excluding hydrogens is 461 g/mol. The van der Waals surface area contributed by atoms with Gasteiger partial charge in [0.25, 0.3) is 0 Å². The summed E-state index contributed by atoms with van der Waals surface area (Å²) >= 11 is 12.0. The topological polar surface area (TPSA) is 94.0 Å². The number of nitrogens with one attached hydrogen (secondary N) is 2. The van der Waals surface area contributed by atoms with Crippen LogP contribution in [0.15, 0.2) is 89.2 Å². The van der Waals surface area contributed by atoms with Gasteiger partial charge in [0, 0.05) is 17.5 Å². The minimum atomic E-state index is -0.266. The SMILES string of the molecule is Cc1ccccc1NC1=CC(=O)C(Nc2ccc(O)c(Cl)c2)=C/C1=N/c1ccc(O)c(Cl)c1. The predicted octanol–water partition coefficient (Wildman–Crippen LogP) is 6.36. The number of anilines is 2. The number of benzene rings is 3. The first-order valence-electron chi connectivity index (χ1n) is 9.93. The monoisotopic (exact) mass is 479 g/mol. The van der Waals surface area contributed by atoms with Crippen LogP contribution in [-0.2, 0) is 4.79 Å². The zero-order valence-electron chi connectivity index (χ0n) is 17.4. The zero-order chi connectivity index (χ0) is 23.5. The molecule has 3 aromatic rings. The molecule has 0 aliphatic heterocycles. The van der Waals surface area contributed by atoms with E-state index in [9.17, 15) is 15.0 Å². The molecule has 0 amide bonds. The molecule has 0 unspecified atom stereocenters. The van der Waals surface area contributed by atoms with E-state index in [4.69, 9.17) is 23.2 Å². The molecule has 1 aliphatic carbocycles. The number of hydrogen-bond acceptors (Lipinski definition) is 6. The van der Waals surface area contributed by atoms with Crippen LogP contribution in [0.25, 0.3) is 0 Å². The number of aryl methyl sites for hydroxylation is 1. The van der Waals surface area contributed by atoms with Crippen molar-refractivity contribution in [2.24, 2.45) is 4.99 Å². The maximum atomic E-state index is 12.9. The highest BCUT2D eigenvalue weighted by atomic mass is 35.5. The molecule has 8 heteroatoms. The number of aliphatic imine (C=N–C) groups is 1. The molecule has 0 atom stereocenters. The van der Waals surface area contributed by atoms with Gasteiger partial charge in [-0.15, -0.1) is 0 Å². The summed E-state index contributed by atoms with van der Waals surface area (Å²) in [6.45, 7) is 1.96. The van der Waals surface area contributed by atoms with Gasteiger partial charge in [-0.25, -0.2) is 4.99 Å². The third kappa shape index (κ3) is 5.19. The Balaban J connectivity index is 1.73. The van der Waals surface area contributed by atoms with E-state index in [1.165, 1.54) is 30.3 Å². The highest BCUT2D eigenvalue weighted by molar-refractivity contribution is 6.32. The van der Waals surface area contributed by atoms with E-state index >= 15 is 0 Å². The average molecular weight is 480 g/mol. The number of ketones is 1. The van der Waals surface area contributed by atoms with E-state index in [2.05, 4.69) is 15.6 Å². The molecule has 0 radical (unpaired) electrons. The van der Waals surface area contributed by atoms with Crippen molar-refractivity contribution in [3.8, 4) is 11.5 Å². The van der Waals surface area contributed by atoms with Gasteiger partial charge in [-0.3, -0.25) is 4.79 Å². The molecule has 3 aromatic carbocycles. The molecule has 0 fully saturated rings. The highest BCUT2D eigenvalue weighted by Crippen LogP contribution is 2.30. The van der Waals surface area contributed by atoms with Gasteiger partial charge < -0.3 is 20.8 Å².